The van der Waals surface area contributed by atoms with Gasteiger partial charge in [-0.05, 0) is 6.92 Å². The highest BCUT2D eigenvalue weighted by molar-refractivity contribution is 4.91. The molecule has 1 fully saturated rings. The highest BCUT2D eigenvalue weighted by Gasteiger charge is 2.42. The maximum absolute atomic E-state index is 9.50. The molecule has 5 N–H and O–H groups in total. The Morgan fingerprint density at radius 1 is 1.36 bits per heavy atom. The zero-order valence-corrected chi connectivity index (χ0v) is 8.04. The number of nitrogens with two attached hydrogens (primary N) is 1. The zero-order valence-electron chi connectivity index (χ0n) is 8.04. The number of aliphatic hydroxyl groups is 3. The Labute approximate surface area is 82.2 Å². The first kappa shape index (κ1) is 11.8. The summed E-state index contributed by atoms with van der Waals surface area (Å²) >= 11 is 0. The maximum Gasteiger partial charge on any atom is 0.175 e. The van der Waals surface area contributed by atoms with Crippen molar-refractivity contribution in [2.45, 2.75) is 37.6 Å². The molecule has 0 radical (unpaired) electrons. The maximum atomic E-state index is 9.50. The molecule has 0 amide bonds. The summed E-state index contributed by atoms with van der Waals surface area (Å²) in [6, 6.07) is -0.798. The van der Waals surface area contributed by atoms with E-state index in [4.69, 9.17) is 20.3 Å². The Bertz CT molecular complexity index is 175. The van der Waals surface area contributed by atoms with E-state index in [-0.39, 0.29) is 6.61 Å². The van der Waals surface area contributed by atoms with Crippen molar-refractivity contribution in [1.29, 1.82) is 0 Å². The quantitative estimate of drug-likeness (QED) is 0.418. The molecule has 0 aliphatic carbocycles. The first-order valence-corrected chi connectivity index (χ1v) is 4.61. The number of ether oxygens (including phenoxy) is 2. The largest absolute Gasteiger partial charge is 0.394 e. The fraction of sp³-hybridized carbons (Fsp3) is 1.00. The van der Waals surface area contributed by atoms with E-state index in [0.29, 0.717) is 6.61 Å². The minimum Gasteiger partial charge on any atom is -0.394 e. The van der Waals surface area contributed by atoms with Crippen molar-refractivity contribution in [3.05, 3.63) is 0 Å². The van der Waals surface area contributed by atoms with Gasteiger partial charge in [-0.3, -0.25) is 0 Å². The highest BCUT2D eigenvalue weighted by atomic mass is 16.7. The van der Waals surface area contributed by atoms with Crippen LogP contribution >= 0.6 is 0 Å². The Hall–Kier alpha value is -0.240. The molecule has 84 valence electrons. The number of hydrogen-bond donors (Lipinski definition) is 4. The van der Waals surface area contributed by atoms with Crippen LogP contribution in [0.15, 0.2) is 0 Å². The van der Waals surface area contributed by atoms with Gasteiger partial charge in [-0.15, -0.1) is 0 Å². The first-order valence-electron chi connectivity index (χ1n) is 4.61. The van der Waals surface area contributed by atoms with Gasteiger partial charge in [0.2, 0.25) is 0 Å². The second kappa shape index (κ2) is 5.01. The minimum absolute atomic E-state index is 0.380. The summed E-state index contributed by atoms with van der Waals surface area (Å²) in [6.07, 6.45) is -3.94. The molecular formula is C8H17NO5. The average molecular weight is 207 g/mol. The van der Waals surface area contributed by atoms with E-state index >= 15 is 0 Å². The summed E-state index contributed by atoms with van der Waals surface area (Å²) in [4.78, 5) is 0. The first-order chi connectivity index (χ1) is 6.61. The smallest absolute Gasteiger partial charge is 0.175 e. The van der Waals surface area contributed by atoms with Crippen LogP contribution in [-0.2, 0) is 9.47 Å². The molecule has 0 spiro atoms. The van der Waals surface area contributed by atoms with Crippen LogP contribution < -0.4 is 5.73 Å². The average Bonchev–Trinajstić information content (AvgIpc) is 2.19. The van der Waals surface area contributed by atoms with Gasteiger partial charge in [-0.2, -0.15) is 0 Å². The lowest BCUT2D eigenvalue weighted by molar-refractivity contribution is -0.264. The molecule has 6 nitrogen and oxygen atoms in total. The van der Waals surface area contributed by atoms with Crippen LogP contribution in [0.1, 0.15) is 6.92 Å². The van der Waals surface area contributed by atoms with Gasteiger partial charge in [-0.1, -0.05) is 0 Å². The van der Waals surface area contributed by atoms with Gasteiger partial charge in [0.1, 0.15) is 18.3 Å². The SMILES string of the molecule is CCOC1OC(CO)C(O)C(O)C1N. The zero-order chi connectivity index (χ0) is 10.7. The van der Waals surface area contributed by atoms with Gasteiger partial charge in [0, 0.05) is 6.61 Å². The van der Waals surface area contributed by atoms with Crippen molar-refractivity contribution in [3.8, 4) is 0 Å². The summed E-state index contributed by atoms with van der Waals surface area (Å²) in [5.41, 5.74) is 5.57. The molecule has 5 unspecified atom stereocenters. The van der Waals surface area contributed by atoms with Crippen molar-refractivity contribution in [2.75, 3.05) is 13.2 Å². The van der Waals surface area contributed by atoms with Crippen LogP contribution in [0.25, 0.3) is 0 Å². The third-order valence-electron chi connectivity index (χ3n) is 2.26. The van der Waals surface area contributed by atoms with Crippen LogP contribution in [0.3, 0.4) is 0 Å². The van der Waals surface area contributed by atoms with Crippen molar-refractivity contribution >= 4 is 0 Å². The molecule has 0 aromatic rings. The molecule has 0 saturated carbocycles. The van der Waals surface area contributed by atoms with Crippen LogP contribution in [0.2, 0.25) is 0 Å². The van der Waals surface area contributed by atoms with Crippen LogP contribution in [0.4, 0.5) is 0 Å². The van der Waals surface area contributed by atoms with Gasteiger partial charge in [0.25, 0.3) is 0 Å². The topological polar surface area (TPSA) is 105 Å². The molecule has 14 heavy (non-hydrogen) atoms. The van der Waals surface area contributed by atoms with E-state index in [1.165, 1.54) is 0 Å². The standard InChI is InChI=1S/C8H17NO5/c1-2-13-8-5(9)7(12)6(11)4(3-10)14-8/h4-8,10-12H,2-3,9H2,1H3. The normalized spacial score (nSPS) is 43.9. The monoisotopic (exact) mass is 207 g/mol. The Kier molecular flexibility index (Phi) is 4.24. The van der Waals surface area contributed by atoms with E-state index in [2.05, 4.69) is 0 Å². The van der Waals surface area contributed by atoms with Crippen LogP contribution in [0.5, 0.6) is 0 Å². The third kappa shape index (κ3) is 2.22. The Morgan fingerprint density at radius 3 is 2.50 bits per heavy atom. The summed E-state index contributed by atoms with van der Waals surface area (Å²) in [6.45, 7) is 1.77. The van der Waals surface area contributed by atoms with E-state index in [1.807, 2.05) is 0 Å². The van der Waals surface area contributed by atoms with Gasteiger partial charge in [0.15, 0.2) is 6.29 Å². The molecule has 1 rings (SSSR count). The molecule has 0 aromatic carbocycles. The molecule has 1 aliphatic rings. The van der Waals surface area contributed by atoms with Crippen LogP contribution in [0, 0.1) is 0 Å². The minimum atomic E-state index is -1.17. The number of aliphatic hydroxyl groups excluding tert-OH is 3. The summed E-state index contributed by atoms with van der Waals surface area (Å²) < 4.78 is 10.3. The van der Waals surface area contributed by atoms with E-state index in [1.54, 1.807) is 6.92 Å². The molecule has 1 aliphatic heterocycles. The van der Waals surface area contributed by atoms with Crippen molar-refractivity contribution in [2.24, 2.45) is 5.73 Å². The number of hydrogen-bond acceptors (Lipinski definition) is 6. The molecule has 1 heterocycles. The van der Waals surface area contributed by atoms with Gasteiger partial charge < -0.3 is 30.5 Å². The van der Waals surface area contributed by atoms with Crippen molar-refractivity contribution in [3.63, 3.8) is 0 Å². The van der Waals surface area contributed by atoms with E-state index in [0.717, 1.165) is 0 Å². The number of rotatable bonds is 3. The molecule has 6 heteroatoms. The second-order valence-corrected chi connectivity index (χ2v) is 3.24. The predicted octanol–water partition coefficient (Wildman–Crippen LogP) is -2.21. The van der Waals surface area contributed by atoms with Crippen molar-refractivity contribution < 1.29 is 24.8 Å². The fourth-order valence-corrected chi connectivity index (χ4v) is 1.42. The van der Waals surface area contributed by atoms with Crippen molar-refractivity contribution in [1.82, 2.24) is 0 Å². The van der Waals surface area contributed by atoms with Gasteiger partial charge in [-0.25, -0.2) is 0 Å². The molecule has 5 atom stereocenters. The summed E-state index contributed by atoms with van der Waals surface area (Å²) in [5.74, 6) is 0. The lowest BCUT2D eigenvalue weighted by atomic mass is 9.98. The Balaban J connectivity index is 2.63. The van der Waals surface area contributed by atoms with Gasteiger partial charge >= 0.3 is 0 Å². The molecular weight excluding hydrogens is 190 g/mol. The highest BCUT2D eigenvalue weighted by Crippen LogP contribution is 2.20. The lowest BCUT2D eigenvalue weighted by Crippen LogP contribution is -2.62. The van der Waals surface area contributed by atoms with E-state index in [9.17, 15) is 10.2 Å². The summed E-state index contributed by atoms with van der Waals surface area (Å²) in [7, 11) is 0. The van der Waals surface area contributed by atoms with Gasteiger partial charge in [0.05, 0.1) is 12.6 Å². The molecule has 0 aromatic heterocycles. The van der Waals surface area contributed by atoms with Crippen LogP contribution in [-0.4, -0.2) is 59.2 Å². The fourth-order valence-electron chi connectivity index (χ4n) is 1.42. The summed E-state index contributed by atoms with van der Waals surface area (Å²) in [5, 5.41) is 27.8. The third-order valence-corrected chi connectivity index (χ3v) is 2.26. The van der Waals surface area contributed by atoms with E-state index < -0.39 is 30.6 Å². The molecule has 0 bridgehead atoms. The molecule has 1 saturated heterocycles. The second-order valence-electron chi connectivity index (χ2n) is 3.24. The predicted molar refractivity (Wildman–Crippen MR) is 47.4 cm³/mol. The Morgan fingerprint density at radius 2 is 2.00 bits per heavy atom. The lowest BCUT2D eigenvalue weighted by Gasteiger charge is -2.40.